The average molecular weight is 268 g/mol. The van der Waals surface area contributed by atoms with Crippen LogP contribution in [0.2, 0.25) is 5.02 Å². The number of benzene rings is 1. The van der Waals surface area contributed by atoms with Crippen molar-refractivity contribution in [3.63, 3.8) is 0 Å². The summed E-state index contributed by atoms with van der Waals surface area (Å²) < 4.78 is 0. The van der Waals surface area contributed by atoms with Crippen molar-refractivity contribution in [2.45, 2.75) is 18.9 Å². The molecule has 1 aromatic rings. The maximum atomic E-state index is 6.00. The molecule has 1 N–H and O–H groups in total. The van der Waals surface area contributed by atoms with Crippen LogP contribution in [0.5, 0.6) is 0 Å². The Kier molecular flexibility index (Phi) is 4.96. The van der Waals surface area contributed by atoms with E-state index >= 15 is 0 Å². The Bertz CT molecular complexity index is 392. The van der Waals surface area contributed by atoms with Gasteiger partial charge in [0.05, 0.1) is 0 Å². The van der Waals surface area contributed by atoms with E-state index in [0.29, 0.717) is 6.04 Å². The lowest BCUT2D eigenvalue weighted by Gasteiger charge is -2.13. The summed E-state index contributed by atoms with van der Waals surface area (Å²) in [6.45, 7) is 4.78. The average Bonchev–Trinajstić information content (AvgIpc) is 2.71. The lowest BCUT2D eigenvalue weighted by atomic mass is 10.1. The van der Waals surface area contributed by atoms with Crippen molar-refractivity contribution in [3.05, 3.63) is 47.0 Å². The Morgan fingerprint density at radius 2 is 2.41 bits per heavy atom. The molecular formula is C14H18ClNS. The number of aryl methyl sites for hydroxylation is 1. The van der Waals surface area contributed by atoms with Crippen molar-refractivity contribution in [2.24, 2.45) is 0 Å². The highest BCUT2D eigenvalue weighted by Crippen LogP contribution is 2.32. The van der Waals surface area contributed by atoms with E-state index in [-0.39, 0.29) is 0 Å². The van der Waals surface area contributed by atoms with Gasteiger partial charge in [-0.15, -0.1) is 6.58 Å². The van der Waals surface area contributed by atoms with E-state index in [4.69, 9.17) is 11.6 Å². The molecule has 3 heteroatoms. The fourth-order valence-corrected chi connectivity index (χ4v) is 3.06. The minimum atomic E-state index is 0.520. The summed E-state index contributed by atoms with van der Waals surface area (Å²) in [6, 6.07) is 6.78. The van der Waals surface area contributed by atoms with Crippen molar-refractivity contribution in [3.8, 4) is 0 Å². The predicted molar refractivity (Wildman–Crippen MR) is 78.0 cm³/mol. The van der Waals surface area contributed by atoms with Crippen molar-refractivity contribution in [2.75, 3.05) is 18.1 Å². The normalized spacial score (nSPS) is 18.1. The second-order valence-electron chi connectivity index (χ2n) is 4.25. The highest BCUT2D eigenvalue weighted by molar-refractivity contribution is 7.99. The molecule has 1 unspecified atom stereocenters. The van der Waals surface area contributed by atoms with Crippen LogP contribution in [0.1, 0.15) is 23.6 Å². The molecule has 1 aromatic carbocycles. The number of hydrogen-bond acceptors (Lipinski definition) is 2. The molecule has 0 aliphatic heterocycles. The third kappa shape index (κ3) is 3.51. The Morgan fingerprint density at radius 1 is 1.53 bits per heavy atom. The van der Waals surface area contributed by atoms with E-state index in [9.17, 15) is 0 Å². The van der Waals surface area contributed by atoms with Crippen LogP contribution >= 0.6 is 23.4 Å². The van der Waals surface area contributed by atoms with Crippen LogP contribution in [-0.4, -0.2) is 18.1 Å². The molecule has 1 atom stereocenters. The standard InChI is InChI=1S/C14H18ClNS/c1-2-8-17-9-7-16-14-6-3-11-10-12(15)4-5-13(11)14/h2,4-5,10,14,16H,1,3,6-9H2. The van der Waals surface area contributed by atoms with Gasteiger partial charge in [0.2, 0.25) is 0 Å². The van der Waals surface area contributed by atoms with Gasteiger partial charge in [-0.25, -0.2) is 0 Å². The van der Waals surface area contributed by atoms with Crippen molar-refractivity contribution in [1.82, 2.24) is 5.32 Å². The minimum Gasteiger partial charge on any atom is -0.309 e. The first-order valence-electron chi connectivity index (χ1n) is 6.01. The number of fused-ring (bicyclic) bond motifs is 1. The van der Waals surface area contributed by atoms with Crippen LogP contribution in [0, 0.1) is 0 Å². The summed E-state index contributed by atoms with van der Waals surface area (Å²) in [5.74, 6) is 2.18. The largest absolute Gasteiger partial charge is 0.309 e. The third-order valence-corrected chi connectivity index (χ3v) is 4.25. The van der Waals surface area contributed by atoms with Gasteiger partial charge in [-0.1, -0.05) is 23.7 Å². The maximum absolute atomic E-state index is 6.00. The van der Waals surface area contributed by atoms with Crippen LogP contribution in [0.4, 0.5) is 0 Å². The van der Waals surface area contributed by atoms with Gasteiger partial charge in [-0.3, -0.25) is 0 Å². The van der Waals surface area contributed by atoms with Gasteiger partial charge in [0, 0.05) is 29.1 Å². The molecule has 0 fully saturated rings. The van der Waals surface area contributed by atoms with E-state index in [1.165, 1.54) is 17.5 Å². The molecule has 0 heterocycles. The predicted octanol–water partition coefficient (Wildman–Crippen LogP) is 3.84. The first kappa shape index (κ1) is 13.0. The second-order valence-corrected chi connectivity index (χ2v) is 5.84. The molecule has 0 amide bonds. The number of halogens is 1. The number of hydrogen-bond donors (Lipinski definition) is 1. The van der Waals surface area contributed by atoms with Gasteiger partial charge in [0.1, 0.15) is 0 Å². The zero-order valence-electron chi connectivity index (χ0n) is 9.92. The van der Waals surface area contributed by atoms with Crippen LogP contribution in [0.25, 0.3) is 0 Å². The molecular weight excluding hydrogens is 250 g/mol. The van der Waals surface area contributed by atoms with Gasteiger partial charge < -0.3 is 5.32 Å². The molecule has 0 aromatic heterocycles. The highest BCUT2D eigenvalue weighted by atomic mass is 35.5. The van der Waals surface area contributed by atoms with Crippen LogP contribution < -0.4 is 5.32 Å². The van der Waals surface area contributed by atoms with Gasteiger partial charge >= 0.3 is 0 Å². The van der Waals surface area contributed by atoms with Crippen LogP contribution in [-0.2, 0) is 6.42 Å². The summed E-state index contributed by atoms with van der Waals surface area (Å²) >= 11 is 7.92. The first-order chi connectivity index (χ1) is 8.31. The first-order valence-corrected chi connectivity index (χ1v) is 7.55. The molecule has 1 nitrogen and oxygen atoms in total. The Hall–Kier alpha value is -0.440. The van der Waals surface area contributed by atoms with Gasteiger partial charge in [-0.2, -0.15) is 11.8 Å². The lowest BCUT2D eigenvalue weighted by molar-refractivity contribution is 0.552. The minimum absolute atomic E-state index is 0.520. The van der Waals surface area contributed by atoms with Gasteiger partial charge in [0.25, 0.3) is 0 Å². The van der Waals surface area contributed by atoms with E-state index in [2.05, 4.69) is 24.0 Å². The summed E-state index contributed by atoms with van der Waals surface area (Å²) in [6.07, 6.45) is 4.30. The smallest absolute Gasteiger partial charge is 0.0408 e. The fraction of sp³-hybridized carbons (Fsp3) is 0.429. The summed E-state index contributed by atoms with van der Waals surface area (Å²) in [5, 5.41) is 4.47. The van der Waals surface area contributed by atoms with Gasteiger partial charge in [-0.05, 0) is 36.1 Å². The summed E-state index contributed by atoms with van der Waals surface area (Å²) in [7, 11) is 0. The van der Waals surface area contributed by atoms with E-state index in [1.54, 1.807) is 0 Å². The van der Waals surface area contributed by atoms with E-state index < -0.39 is 0 Å². The molecule has 0 radical (unpaired) electrons. The molecule has 0 saturated heterocycles. The Labute approximate surface area is 113 Å². The monoisotopic (exact) mass is 267 g/mol. The number of thioether (sulfide) groups is 1. The summed E-state index contributed by atoms with van der Waals surface area (Å²) in [4.78, 5) is 0. The van der Waals surface area contributed by atoms with Crippen molar-refractivity contribution in [1.29, 1.82) is 0 Å². The SMILES string of the molecule is C=CCSCCNC1CCc2cc(Cl)ccc21. The topological polar surface area (TPSA) is 12.0 Å². The zero-order chi connectivity index (χ0) is 12.1. The Balaban J connectivity index is 1.83. The zero-order valence-corrected chi connectivity index (χ0v) is 11.5. The van der Waals surface area contributed by atoms with Crippen LogP contribution in [0.3, 0.4) is 0 Å². The van der Waals surface area contributed by atoms with Crippen LogP contribution in [0.15, 0.2) is 30.9 Å². The molecule has 17 heavy (non-hydrogen) atoms. The molecule has 92 valence electrons. The molecule has 0 saturated carbocycles. The van der Waals surface area contributed by atoms with E-state index in [0.717, 1.165) is 29.5 Å². The van der Waals surface area contributed by atoms with Crippen molar-refractivity contribution < 1.29 is 0 Å². The highest BCUT2D eigenvalue weighted by Gasteiger charge is 2.21. The van der Waals surface area contributed by atoms with Crippen molar-refractivity contribution >= 4 is 23.4 Å². The fourth-order valence-electron chi connectivity index (χ4n) is 2.27. The van der Waals surface area contributed by atoms with Gasteiger partial charge in [0.15, 0.2) is 0 Å². The second kappa shape index (κ2) is 6.48. The molecule has 2 rings (SSSR count). The molecule has 1 aliphatic rings. The summed E-state index contributed by atoms with van der Waals surface area (Å²) in [5.41, 5.74) is 2.84. The third-order valence-electron chi connectivity index (χ3n) is 3.06. The lowest BCUT2D eigenvalue weighted by Crippen LogP contribution is -2.21. The Morgan fingerprint density at radius 3 is 3.24 bits per heavy atom. The molecule has 1 aliphatic carbocycles. The quantitative estimate of drug-likeness (QED) is 0.621. The number of rotatable bonds is 6. The maximum Gasteiger partial charge on any atom is 0.0408 e. The molecule has 0 bridgehead atoms. The van der Waals surface area contributed by atoms with E-state index in [1.807, 2.05) is 23.9 Å². The molecule has 0 spiro atoms. The number of nitrogens with one attached hydrogen (secondary N) is 1.